The summed E-state index contributed by atoms with van der Waals surface area (Å²) in [6.07, 6.45) is 7.67. The van der Waals surface area contributed by atoms with Crippen LogP contribution in [0.4, 0.5) is 0 Å². The second-order valence-corrected chi connectivity index (χ2v) is 6.92. The van der Waals surface area contributed by atoms with Crippen molar-refractivity contribution < 1.29 is 10.2 Å². The average Bonchev–Trinajstić information content (AvgIpc) is 3.13. The van der Waals surface area contributed by atoms with E-state index in [1.807, 2.05) is 10.8 Å². The summed E-state index contributed by atoms with van der Waals surface area (Å²) in [5, 5.41) is 20.3. The molecule has 1 aliphatic rings. The van der Waals surface area contributed by atoms with E-state index in [0.29, 0.717) is 0 Å². The van der Waals surface area contributed by atoms with Crippen molar-refractivity contribution in [3.05, 3.63) is 48.5 Å². The number of benzene rings is 1. The predicted molar refractivity (Wildman–Crippen MR) is 93.9 cm³/mol. The third kappa shape index (κ3) is 3.53. The maximum Gasteiger partial charge on any atom is 0.0991 e. The minimum Gasteiger partial charge on any atom is -0.396 e. The Morgan fingerprint density at radius 1 is 1.29 bits per heavy atom. The van der Waals surface area contributed by atoms with E-state index in [2.05, 4.69) is 41.1 Å². The van der Waals surface area contributed by atoms with Gasteiger partial charge in [0.1, 0.15) is 0 Å². The van der Waals surface area contributed by atoms with E-state index in [1.165, 1.54) is 5.56 Å². The molecule has 24 heavy (non-hydrogen) atoms. The molecule has 1 saturated heterocycles. The van der Waals surface area contributed by atoms with Gasteiger partial charge in [0.15, 0.2) is 0 Å². The number of aliphatic hydroxyl groups excluding tert-OH is 2. The van der Waals surface area contributed by atoms with E-state index in [-0.39, 0.29) is 12.0 Å². The first-order valence-corrected chi connectivity index (χ1v) is 8.75. The first-order valence-electron chi connectivity index (χ1n) is 8.75. The normalized spacial score (nSPS) is 25.0. The number of nitrogens with zero attached hydrogens (tertiary/aromatic N) is 3. The van der Waals surface area contributed by atoms with Gasteiger partial charge in [0.25, 0.3) is 0 Å². The highest BCUT2D eigenvalue weighted by Gasteiger charge is 2.41. The molecule has 0 aliphatic carbocycles. The Bertz CT molecular complexity index is 627. The number of aromatic nitrogens is 2. The van der Waals surface area contributed by atoms with Gasteiger partial charge in [-0.05, 0) is 30.5 Å². The SMILES string of the molecule is CCC[C@@]1(CO)CN(Cc2ccc(-n3ccnc3)cc2)CC[C@H]1O. The van der Waals surface area contributed by atoms with Gasteiger partial charge < -0.3 is 14.8 Å². The highest BCUT2D eigenvalue weighted by molar-refractivity contribution is 5.34. The fraction of sp³-hybridized carbons (Fsp3) is 0.526. The van der Waals surface area contributed by atoms with E-state index < -0.39 is 6.10 Å². The van der Waals surface area contributed by atoms with Crippen molar-refractivity contribution in [1.82, 2.24) is 14.5 Å². The Hall–Kier alpha value is -1.69. The molecular formula is C19H27N3O2. The molecule has 0 amide bonds. The molecule has 0 bridgehead atoms. The van der Waals surface area contributed by atoms with Gasteiger partial charge in [0, 0.05) is 43.1 Å². The quantitative estimate of drug-likeness (QED) is 0.853. The van der Waals surface area contributed by atoms with Crippen LogP contribution >= 0.6 is 0 Å². The molecule has 0 saturated carbocycles. The Kier molecular flexibility index (Phi) is 5.33. The molecule has 5 heteroatoms. The fourth-order valence-corrected chi connectivity index (χ4v) is 3.80. The van der Waals surface area contributed by atoms with Crippen LogP contribution in [0.1, 0.15) is 31.7 Å². The molecule has 2 heterocycles. The van der Waals surface area contributed by atoms with Crippen LogP contribution in [0.25, 0.3) is 5.69 Å². The Morgan fingerprint density at radius 3 is 2.71 bits per heavy atom. The predicted octanol–water partition coefficient (Wildman–Crippen LogP) is 2.22. The molecule has 5 nitrogen and oxygen atoms in total. The summed E-state index contributed by atoms with van der Waals surface area (Å²) < 4.78 is 1.99. The summed E-state index contributed by atoms with van der Waals surface area (Å²) >= 11 is 0. The van der Waals surface area contributed by atoms with Gasteiger partial charge in [-0.1, -0.05) is 25.5 Å². The Labute approximate surface area is 143 Å². The number of hydrogen-bond acceptors (Lipinski definition) is 4. The van der Waals surface area contributed by atoms with Crippen LogP contribution < -0.4 is 0 Å². The Balaban J connectivity index is 1.67. The van der Waals surface area contributed by atoms with Crippen LogP contribution in [0.15, 0.2) is 43.0 Å². The summed E-state index contributed by atoms with van der Waals surface area (Å²) in [6.45, 7) is 4.63. The number of rotatable bonds is 6. The van der Waals surface area contributed by atoms with Crippen LogP contribution in [-0.4, -0.2) is 50.5 Å². The third-order valence-corrected chi connectivity index (χ3v) is 5.17. The molecule has 2 N–H and O–H groups in total. The molecule has 1 aromatic carbocycles. The third-order valence-electron chi connectivity index (χ3n) is 5.17. The zero-order chi connectivity index (χ0) is 17.0. The van der Waals surface area contributed by atoms with Crippen LogP contribution in [0.5, 0.6) is 0 Å². The van der Waals surface area contributed by atoms with Crippen molar-refractivity contribution in [2.45, 2.75) is 38.8 Å². The van der Waals surface area contributed by atoms with Gasteiger partial charge in [-0.3, -0.25) is 4.90 Å². The molecule has 2 aromatic rings. The number of imidazole rings is 1. The lowest BCUT2D eigenvalue weighted by Crippen LogP contribution is -2.53. The average molecular weight is 329 g/mol. The second-order valence-electron chi connectivity index (χ2n) is 6.92. The number of hydrogen-bond donors (Lipinski definition) is 2. The van der Waals surface area contributed by atoms with Crippen LogP contribution in [0.3, 0.4) is 0 Å². The molecule has 0 radical (unpaired) electrons. The second kappa shape index (κ2) is 7.47. The summed E-state index contributed by atoms with van der Waals surface area (Å²) in [4.78, 5) is 6.42. The van der Waals surface area contributed by atoms with E-state index >= 15 is 0 Å². The molecule has 1 aliphatic heterocycles. The van der Waals surface area contributed by atoms with Gasteiger partial charge >= 0.3 is 0 Å². The minimum absolute atomic E-state index is 0.0536. The van der Waals surface area contributed by atoms with E-state index in [1.54, 1.807) is 12.5 Å². The van der Waals surface area contributed by atoms with E-state index in [9.17, 15) is 10.2 Å². The zero-order valence-electron chi connectivity index (χ0n) is 14.3. The van der Waals surface area contributed by atoms with Gasteiger partial charge in [-0.15, -0.1) is 0 Å². The summed E-state index contributed by atoms with van der Waals surface area (Å²) in [5.41, 5.74) is 1.98. The minimum atomic E-state index is -0.401. The van der Waals surface area contributed by atoms with Crippen LogP contribution in [0.2, 0.25) is 0 Å². The first kappa shape index (κ1) is 17.1. The van der Waals surface area contributed by atoms with Gasteiger partial charge in [0.2, 0.25) is 0 Å². The smallest absolute Gasteiger partial charge is 0.0991 e. The van der Waals surface area contributed by atoms with Crippen LogP contribution in [0, 0.1) is 5.41 Å². The Morgan fingerprint density at radius 2 is 2.08 bits per heavy atom. The van der Waals surface area contributed by atoms with Gasteiger partial charge in [-0.2, -0.15) is 0 Å². The maximum atomic E-state index is 10.4. The molecular weight excluding hydrogens is 302 g/mol. The van der Waals surface area contributed by atoms with Crippen molar-refractivity contribution in [3.63, 3.8) is 0 Å². The lowest BCUT2D eigenvalue weighted by molar-refractivity contribution is -0.0819. The lowest BCUT2D eigenvalue weighted by Gasteiger charge is -2.45. The van der Waals surface area contributed by atoms with Crippen LogP contribution in [-0.2, 0) is 6.54 Å². The fourth-order valence-electron chi connectivity index (χ4n) is 3.80. The van der Waals surface area contributed by atoms with Crippen molar-refractivity contribution >= 4 is 0 Å². The molecule has 1 fully saturated rings. The summed E-state index contributed by atoms with van der Waals surface area (Å²) in [5.74, 6) is 0. The van der Waals surface area contributed by atoms with E-state index in [0.717, 1.165) is 44.6 Å². The number of likely N-dealkylation sites (tertiary alicyclic amines) is 1. The van der Waals surface area contributed by atoms with Crippen molar-refractivity contribution in [2.75, 3.05) is 19.7 Å². The zero-order valence-corrected chi connectivity index (χ0v) is 14.3. The van der Waals surface area contributed by atoms with E-state index in [4.69, 9.17) is 0 Å². The highest BCUT2D eigenvalue weighted by atomic mass is 16.3. The topological polar surface area (TPSA) is 61.5 Å². The highest BCUT2D eigenvalue weighted by Crippen LogP contribution is 2.35. The molecule has 0 spiro atoms. The molecule has 130 valence electrons. The first-order chi connectivity index (χ1) is 11.7. The van der Waals surface area contributed by atoms with Crippen molar-refractivity contribution in [1.29, 1.82) is 0 Å². The van der Waals surface area contributed by atoms with Crippen molar-refractivity contribution in [3.8, 4) is 5.69 Å². The maximum absolute atomic E-state index is 10.4. The van der Waals surface area contributed by atoms with Crippen molar-refractivity contribution in [2.24, 2.45) is 5.41 Å². The summed E-state index contributed by atoms with van der Waals surface area (Å²) in [6, 6.07) is 8.48. The number of aliphatic hydroxyl groups is 2. The summed E-state index contributed by atoms with van der Waals surface area (Å²) in [7, 11) is 0. The monoisotopic (exact) mass is 329 g/mol. The molecule has 2 atom stereocenters. The van der Waals surface area contributed by atoms with Gasteiger partial charge in [-0.25, -0.2) is 4.98 Å². The molecule has 0 unspecified atom stereocenters. The molecule has 1 aromatic heterocycles. The molecule has 3 rings (SSSR count). The number of piperidine rings is 1. The van der Waals surface area contributed by atoms with Gasteiger partial charge in [0.05, 0.1) is 19.0 Å². The standard InChI is InChI=1S/C19H27N3O2/c1-2-8-19(14-23)13-21(10-7-18(19)24)12-16-3-5-17(6-4-16)22-11-9-20-15-22/h3-6,9,11,15,18,23-24H,2,7-8,10,12-14H2,1H3/t18-,19+/m1/s1. The largest absolute Gasteiger partial charge is 0.396 e. The lowest BCUT2D eigenvalue weighted by atomic mass is 9.74.